The van der Waals surface area contributed by atoms with Gasteiger partial charge in [0.25, 0.3) is 0 Å². The van der Waals surface area contributed by atoms with Crippen LogP contribution in [0.3, 0.4) is 0 Å². The van der Waals surface area contributed by atoms with E-state index in [1.54, 1.807) is 0 Å². The molecule has 0 spiro atoms. The Balaban J connectivity index is 2.02. The summed E-state index contributed by atoms with van der Waals surface area (Å²) in [4.78, 5) is 0. The molecule has 0 bridgehead atoms. The number of furan rings is 1. The monoisotopic (exact) mass is 302 g/mol. The van der Waals surface area contributed by atoms with Crippen LogP contribution in [-0.2, 0) is 19.4 Å². The number of aryl methyl sites for hydroxylation is 3. The molecule has 0 saturated carbocycles. The van der Waals surface area contributed by atoms with Crippen molar-refractivity contribution in [1.29, 1.82) is 0 Å². The Morgan fingerprint density at radius 3 is 2.29 bits per heavy atom. The van der Waals surface area contributed by atoms with Crippen LogP contribution in [0.1, 0.15) is 36.5 Å². The summed E-state index contributed by atoms with van der Waals surface area (Å²) in [5.41, 5.74) is 3.70. The molecule has 0 radical (unpaired) electrons. The predicted octanol–water partition coefficient (Wildman–Crippen LogP) is 4.20. The van der Waals surface area contributed by atoms with Crippen LogP contribution in [0.4, 0.5) is 5.69 Å². The highest BCUT2D eigenvalue weighted by Gasteiger charge is 2.08. The Kier molecular flexibility index (Phi) is 5.39. The van der Waals surface area contributed by atoms with Crippen LogP contribution in [0.5, 0.6) is 0 Å². The fraction of sp³-hybridized carbons (Fsp3) is 0.353. The van der Waals surface area contributed by atoms with Gasteiger partial charge in [-0.2, -0.15) is 0 Å². The van der Waals surface area contributed by atoms with E-state index in [9.17, 15) is 0 Å². The van der Waals surface area contributed by atoms with Gasteiger partial charge in [-0.15, -0.1) is 0 Å². The van der Waals surface area contributed by atoms with Gasteiger partial charge in [-0.05, 0) is 55.2 Å². The van der Waals surface area contributed by atoms with Crippen LogP contribution in [-0.4, -0.2) is 5.11 Å². The summed E-state index contributed by atoms with van der Waals surface area (Å²) in [6.07, 6.45) is 1.96. The minimum atomic E-state index is 0.593. The SMILES string of the molecule is CCc1cccc(CC)c1NC(=S)NCc1ccc(C)o1. The second-order valence-corrected chi connectivity index (χ2v) is 5.39. The van der Waals surface area contributed by atoms with Gasteiger partial charge < -0.3 is 15.1 Å². The minimum absolute atomic E-state index is 0.593. The number of nitrogens with one attached hydrogen (secondary N) is 2. The topological polar surface area (TPSA) is 37.2 Å². The van der Waals surface area contributed by atoms with Crippen molar-refractivity contribution in [2.45, 2.75) is 40.2 Å². The van der Waals surface area contributed by atoms with Crippen molar-refractivity contribution < 1.29 is 4.42 Å². The third-order valence-electron chi connectivity index (χ3n) is 3.46. The molecule has 21 heavy (non-hydrogen) atoms. The van der Waals surface area contributed by atoms with Crippen molar-refractivity contribution in [2.24, 2.45) is 0 Å². The quantitative estimate of drug-likeness (QED) is 0.812. The van der Waals surface area contributed by atoms with E-state index >= 15 is 0 Å². The van der Waals surface area contributed by atoms with E-state index in [1.165, 1.54) is 11.1 Å². The first-order valence-corrected chi connectivity index (χ1v) is 7.75. The third kappa shape index (κ3) is 4.08. The van der Waals surface area contributed by atoms with Gasteiger partial charge >= 0.3 is 0 Å². The lowest BCUT2D eigenvalue weighted by molar-refractivity contribution is 0.478. The number of para-hydroxylation sites is 1. The standard InChI is InChI=1S/C17H22N2OS/c1-4-13-7-6-8-14(5-2)16(13)19-17(21)18-11-15-10-9-12(3)20-15/h6-10H,4-5,11H2,1-3H3,(H2,18,19,21). The first kappa shape index (κ1) is 15.6. The molecule has 0 fully saturated rings. The van der Waals surface area contributed by atoms with Crippen LogP contribution in [0.25, 0.3) is 0 Å². The molecule has 0 amide bonds. The molecule has 0 unspecified atom stereocenters. The lowest BCUT2D eigenvalue weighted by Crippen LogP contribution is -2.28. The highest BCUT2D eigenvalue weighted by molar-refractivity contribution is 7.80. The fourth-order valence-corrected chi connectivity index (χ4v) is 2.48. The molecular weight excluding hydrogens is 280 g/mol. The van der Waals surface area contributed by atoms with Crippen LogP contribution >= 0.6 is 12.2 Å². The zero-order chi connectivity index (χ0) is 15.2. The van der Waals surface area contributed by atoms with Crippen molar-refractivity contribution >= 4 is 23.0 Å². The smallest absolute Gasteiger partial charge is 0.171 e. The highest BCUT2D eigenvalue weighted by Crippen LogP contribution is 2.22. The molecule has 2 aromatic rings. The maximum Gasteiger partial charge on any atom is 0.171 e. The number of hydrogen-bond acceptors (Lipinski definition) is 2. The minimum Gasteiger partial charge on any atom is -0.465 e. The van der Waals surface area contributed by atoms with E-state index in [2.05, 4.69) is 42.7 Å². The Hall–Kier alpha value is -1.81. The lowest BCUT2D eigenvalue weighted by Gasteiger charge is -2.16. The van der Waals surface area contributed by atoms with Gasteiger partial charge in [-0.3, -0.25) is 0 Å². The van der Waals surface area contributed by atoms with Crippen molar-refractivity contribution in [3.05, 3.63) is 53.0 Å². The van der Waals surface area contributed by atoms with Crippen molar-refractivity contribution in [2.75, 3.05) is 5.32 Å². The van der Waals surface area contributed by atoms with Gasteiger partial charge in [0.2, 0.25) is 0 Å². The largest absolute Gasteiger partial charge is 0.465 e. The molecule has 4 heteroatoms. The van der Waals surface area contributed by atoms with Gasteiger partial charge in [0, 0.05) is 5.69 Å². The Bertz CT molecular complexity index is 597. The molecule has 0 aliphatic rings. The first-order chi connectivity index (χ1) is 10.1. The Morgan fingerprint density at radius 2 is 1.76 bits per heavy atom. The molecular formula is C17H22N2OS. The van der Waals surface area contributed by atoms with Gasteiger partial charge in [0.05, 0.1) is 6.54 Å². The molecule has 1 heterocycles. The molecule has 0 aliphatic carbocycles. The average molecular weight is 302 g/mol. The van der Waals surface area contributed by atoms with Crippen LogP contribution in [0.15, 0.2) is 34.7 Å². The van der Waals surface area contributed by atoms with Gasteiger partial charge in [-0.25, -0.2) is 0 Å². The number of rotatable bonds is 5. The van der Waals surface area contributed by atoms with E-state index < -0.39 is 0 Å². The summed E-state index contributed by atoms with van der Waals surface area (Å²) in [7, 11) is 0. The van der Waals surface area contributed by atoms with Gasteiger partial charge in [0.15, 0.2) is 5.11 Å². The van der Waals surface area contributed by atoms with Gasteiger partial charge in [-0.1, -0.05) is 32.0 Å². The zero-order valence-corrected chi connectivity index (χ0v) is 13.6. The lowest BCUT2D eigenvalue weighted by atomic mass is 10.0. The summed E-state index contributed by atoms with van der Waals surface area (Å²) in [5.74, 6) is 1.80. The maximum absolute atomic E-state index is 5.52. The van der Waals surface area contributed by atoms with E-state index in [4.69, 9.17) is 16.6 Å². The van der Waals surface area contributed by atoms with E-state index in [0.29, 0.717) is 11.7 Å². The average Bonchev–Trinajstić information content (AvgIpc) is 2.91. The molecule has 1 aromatic heterocycles. The van der Waals surface area contributed by atoms with Crippen molar-refractivity contribution in [3.63, 3.8) is 0 Å². The zero-order valence-electron chi connectivity index (χ0n) is 12.8. The number of anilines is 1. The molecule has 112 valence electrons. The summed E-state index contributed by atoms with van der Waals surface area (Å²) in [6, 6.07) is 10.3. The number of hydrogen-bond donors (Lipinski definition) is 2. The van der Waals surface area contributed by atoms with E-state index in [-0.39, 0.29) is 0 Å². The molecule has 1 aromatic carbocycles. The van der Waals surface area contributed by atoms with Crippen molar-refractivity contribution in [1.82, 2.24) is 5.32 Å². The Morgan fingerprint density at radius 1 is 1.10 bits per heavy atom. The highest BCUT2D eigenvalue weighted by atomic mass is 32.1. The summed E-state index contributed by atoms with van der Waals surface area (Å²) in [5, 5.41) is 7.15. The van der Waals surface area contributed by atoms with Gasteiger partial charge in [0.1, 0.15) is 11.5 Å². The maximum atomic E-state index is 5.52. The normalized spacial score (nSPS) is 10.4. The summed E-state index contributed by atoms with van der Waals surface area (Å²) < 4.78 is 5.52. The number of thiocarbonyl (C=S) groups is 1. The second-order valence-electron chi connectivity index (χ2n) is 4.98. The summed E-state index contributed by atoms with van der Waals surface area (Å²) >= 11 is 5.39. The molecule has 2 N–H and O–H groups in total. The third-order valence-corrected chi connectivity index (χ3v) is 3.70. The van der Waals surface area contributed by atoms with Crippen LogP contribution < -0.4 is 10.6 Å². The van der Waals surface area contributed by atoms with Crippen LogP contribution in [0.2, 0.25) is 0 Å². The Labute approximate surface area is 131 Å². The predicted molar refractivity (Wildman–Crippen MR) is 91.7 cm³/mol. The van der Waals surface area contributed by atoms with E-state index in [1.807, 2.05) is 19.1 Å². The van der Waals surface area contributed by atoms with E-state index in [0.717, 1.165) is 30.0 Å². The molecule has 0 saturated heterocycles. The fourth-order valence-electron chi connectivity index (χ4n) is 2.31. The molecule has 0 aliphatic heterocycles. The molecule has 0 atom stereocenters. The summed E-state index contributed by atoms with van der Waals surface area (Å²) in [6.45, 7) is 6.84. The van der Waals surface area contributed by atoms with Crippen LogP contribution in [0, 0.1) is 6.92 Å². The van der Waals surface area contributed by atoms with Crippen molar-refractivity contribution in [3.8, 4) is 0 Å². The molecule has 2 rings (SSSR count). The first-order valence-electron chi connectivity index (χ1n) is 7.35. The second kappa shape index (κ2) is 7.27. The number of benzene rings is 1. The molecule has 3 nitrogen and oxygen atoms in total.